The molecule has 1 aromatic heterocycles. The van der Waals surface area contributed by atoms with Gasteiger partial charge in [-0.2, -0.15) is 0 Å². The third-order valence-electron chi connectivity index (χ3n) is 5.80. The van der Waals surface area contributed by atoms with Crippen LogP contribution >= 0.6 is 11.6 Å². The quantitative estimate of drug-likeness (QED) is 0.413. The molecular formula is C24H20ClN3O4S2. The molecule has 0 amide bonds. The molecule has 3 aromatic carbocycles. The maximum Gasteiger partial charge on any atom is 0.263 e. The van der Waals surface area contributed by atoms with E-state index in [1.807, 2.05) is 43.3 Å². The van der Waals surface area contributed by atoms with E-state index in [1.165, 1.54) is 22.5 Å². The van der Waals surface area contributed by atoms with Crippen LogP contribution in [0.4, 0.5) is 11.4 Å². The van der Waals surface area contributed by atoms with Crippen molar-refractivity contribution in [3.8, 4) is 11.3 Å². The minimum Gasteiger partial charge on any atom is -0.280 e. The van der Waals surface area contributed by atoms with Crippen LogP contribution in [-0.2, 0) is 20.0 Å². The van der Waals surface area contributed by atoms with Crippen molar-refractivity contribution in [3.63, 3.8) is 0 Å². The number of hydrogen-bond donors (Lipinski definition) is 1. The Labute approximate surface area is 203 Å². The van der Waals surface area contributed by atoms with Crippen LogP contribution in [0.25, 0.3) is 22.0 Å². The molecule has 10 heteroatoms. The van der Waals surface area contributed by atoms with Gasteiger partial charge in [-0.05, 0) is 54.3 Å². The van der Waals surface area contributed by atoms with E-state index in [2.05, 4.69) is 9.71 Å². The summed E-state index contributed by atoms with van der Waals surface area (Å²) in [6.45, 7) is 2.29. The highest BCUT2D eigenvalue weighted by molar-refractivity contribution is 7.94. The summed E-state index contributed by atoms with van der Waals surface area (Å²) in [6.07, 6.45) is 1.73. The Hall–Kier alpha value is -3.14. The lowest BCUT2D eigenvalue weighted by molar-refractivity contribution is 0.578. The lowest BCUT2D eigenvalue weighted by Crippen LogP contribution is -2.47. The zero-order valence-electron chi connectivity index (χ0n) is 18.1. The van der Waals surface area contributed by atoms with Crippen LogP contribution in [-0.4, -0.2) is 34.1 Å². The van der Waals surface area contributed by atoms with Crippen LogP contribution in [0.5, 0.6) is 0 Å². The molecule has 2 heterocycles. The molecule has 174 valence electrons. The molecule has 7 nitrogen and oxygen atoms in total. The molecule has 0 bridgehead atoms. The van der Waals surface area contributed by atoms with Crippen LogP contribution < -0.4 is 9.03 Å². The molecule has 4 aromatic rings. The Morgan fingerprint density at radius 2 is 1.82 bits per heavy atom. The lowest BCUT2D eigenvalue weighted by Gasteiger charge is -2.32. The van der Waals surface area contributed by atoms with Crippen molar-refractivity contribution in [2.75, 3.05) is 21.3 Å². The summed E-state index contributed by atoms with van der Waals surface area (Å²) in [5.74, 6) is 0.0630. The van der Waals surface area contributed by atoms with Gasteiger partial charge in [-0.1, -0.05) is 41.9 Å². The van der Waals surface area contributed by atoms with Crippen molar-refractivity contribution < 1.29 is 16.8 Å². The fourth-order valence-corrected chi connectivity index (χ4v) is 6.66. The number of nitrogens with zero attached hydrogens (tertiary/aromatic N) is 2. The number of anilines is 2. The van der Waals surface area contributed by atoms with Crippen molar-refractivity contribution in [3.05, 3.63) is 83.5 Å². The summed E-state index contributed by atoms with van der Waals surface area (Å²) >= 11 is 6.27. The maximum absolute atomic E-state index is 13.1. The number of pyridine rings is 1. The molecule has 1 N–H and O–H groups in total. The molecule has 1 aliphatic heterocycles. The van der Waals surface area contributed by atoms with Gasteiger partial charge >= 0.3 is 0 Å². The molecule has 1 fully saturated rings. The predicted octanol–water partition coefficient (Wildman–Crippen LogP) is 4.81. The molecule has 34 heavy (non-hydrogen) atoms. The summed E-state index contributed by atoms with van der Waals surface area (Å²) in [5, 5.41) is 1.94. The minimum atomic E-state index is -4.03. The molecule has 0 atom stereocenters. The fourth-order valence-electron chi connectivity index (χ4n) is 3.97. The van der Waals surface area contributed by atoms with Crippen molar-refractivity contribution in [1.82, 2.24) is 4.98 Å². The molecule has 0 radical (unpaired) electrons. The number of hydrogen-bond acceptors (Lipinski definition) is 5. The van der Waals surface area contributed by atoms with Crippen molar-refractivity contribution in [2.45, 2.75) is 11.8 Å². The third kappa shape index (κ3) is 4.00. The van der Waals surface area contributed by atoms with Gasteiger partial charge in [0, 0.05) is 29.4 Å². The van der Waals surface area contributed by atoms with Gasteiger partial charge in [0.15, 0.2) is 0 Å². The first-order chi connectivity index (χ1) is 16.2. The minimum absolute atomic E-state index is 0.0600. The predicted molar refractivity (Wildman–Crippen MR) is 135 cm³/mol. The van der Waals surface area contributed by atoms with Gasteiger partial charge in [0.05, 0.1) is 22.2 Å². The van der Waals surface area contributed by atoms with E-state index in [-0.39, 0.29) is 15.7 Å². The van der Waals surface area contributed by atoms with E-state index in [1.54, 1.807) is 18.3 Å². The van der Waals surface area contributed by atoms with Crippen LogP contribution in [0.2, 0.25) is 5.02 Å². The topological polar surface area (TPSA) is 96.4 Å². The van der Waals surface area contributed by atoms with Crippen molar-refractivity contribution >= 4 is 53.8 Å². The van der Waals surface area contributed by atoms with Gasteiger partial charge < -0.3 is 0 Å². The summed E-state index contributed by atoms with van der Waals surface area (Å²) in [7, 11) is -7.36. The van der Waals surface area contributed by atoms with Gasteiger partial charge in [0.2, 0.25) is 10.0 Å². The Bertz CT molecular complexity index is 1650. The van der Waals surface area contributed by atoms with Gasteiger partial charge in [-0.15, -0.1) is 0 Å². The molecule has 1 saturated heterocycles. The normalized spacial score (nSPS) is 15.2. The van der Waals surface area contributed by atoms with E-state index < -0.39 is 20.0 Å². The Morgan fingerprint density at radius 1 is 1.03 bits per heavy atom. The second-order valence-electron chi connectivity index (χ2n) is 8.02. The molecule has 0 saturated carbocycles. The number of rotatable bonds is 5. The number of aryl methyl sites for hydroxylation is 1. The zero-order chi connectivity index (χ0) is 24.1. The third-order valence-corrected chi connectivity index (χ3v) is 9.43. The standard InChI is InChI=1S/C24H20ClN3O4S2/c1-16-6-7-18(14-21(16)24-20-5-3-2-4-17(20)10-11-26-24)27-34(31,32)23-9-8-19(15-22(23)25)28-12-13-33(28,29)30/h2-11,14-15,27H,12-13H2,1H3. The van der Waals surface area contributed by atoms with Crippen LogP contribution in [0.3, 0.4) is 0 Å². The number of aromatic nitrogens is 1. The summed E-state index contributed by atoms with van der Waals surface area (Å²) < 4.78 is 53.7. The van der Waals surface area contributed by atoms with E-state index in [4.69, 9.17) is 11.6 Å². The fraction of sp³-hybridized carbons (Fsp3) is 0.125. The van der Waals surface area contributed by atoms with Crippen LogP contribution in [0.15, 0.2) is 77.8 Å². The number of sulfonamides is 2. The Kier molecular flexibility index (Phi) is 5.50. The maximum atomic E-state index is 13.1. The van der Waals surface area contributed by atoms with Crippen LogP contribution in [0.1, 0.15) is 5.56 Å². The summed E-state index contributed by atoms with van der Waals surface area (Å²) in [5.41, 5.74) is 3.22. The second kappa shape index (κ2) is 8.26. The van der Waals surface area contributed by atoms with Gasteiger partial charge in [0.1, 0.15) is 4.90 Å². The largest absolute Gasteiger partial charge is 0.280 e. The average molecular weight is 514 g/mol. The van der Waals surface area contributed by atoms with Crippen LogP contribution in [0, 0.1) is 6.92 Å². The number of benzene rings is 3. The Balaban J connectivity index is 1.49. The number of halogens is 1. The lowest BCUT2D eigenvalue weighted by atomic mass is 10.00. The molecule has 0 spiro atoms. The highest BCUT2D eigenvalue weighted by Crippen LogP contribution is 2.34. The number of fused-ring (bicyclic) bond motifs is 1. The molecular weight excluding hydrogens is 494 g/mol. The van der Waals surface area contributed by atoms with Gasteiger partial charge in [-0.25, -0.2) is 16.8 Å². The van der Waals surface area contributed by atoms with Crippen molar-refractivity contribution in [1.29, 1.82) is 0 Å². The van der Waals surface area contributed by atoms with E-state index >= 15 is 0 Å². The second-order valence-corrected chi connectivity index (χ2v) is 12.1. The first-order valence-electron chi connectivity index (χ1n) is 10.4. The van der Waals surface area contributed by atoms with E-state index in [0.717, 1.165) is 27.6 Å². The van der Waals surface area contributed by atoms with Crippen molar-refractivity contribution in [2.24, 2.45) is 0 Å². The van der Waals surface area contributed by atoms with Gasteiger partial charge in [-0.3, -0.25) is 14.0 Å². The number of nitrogens with one attached hydrogen (secondary N) is 1. The summed E-state index contributed by atoms with van der Waals surface area (Å²) in [6, 6.07) is 19.2. The first kappa shape index (κ1) is 22.6. The molecule has 0 aliphatic carbocycles. The Morgan fingerprint density at radius 3 is 2.53 bits per heavy atom. The van der Waals surface area contributed by atoms with E-state index in [9.17, 15) is 16.8 Å². The monoisotopic (exact) mass is 513 g/mol. The van der Waals surface area contributed by atoms with Gasteiger partial charge in [0.25, 0.3) is 10.0 Å². The molecule has 0 unspecified atom stereocenters. The highest BCUT2D eigenvalue weighted by Gasteiger charge is 2.33. The smallest absolute Gasteiger partial charge is 0.263 e. The summed E-state index contributed by atoms with van der Waals surface area (Å²) in [4.78, 5) is 4.41. The van der Waals surface area contributed by atoms with E-state index in [0.29, 0.717) is 17.9 Å². The zero-order valence-corrected chi connectivity index (χ0v) is 20.5. The molecule has 5 rings (SSSR count). The average Bonchev–Trinajstić information content (AvgIpc) is 2.79. The molecule has 1 aliphatic rings. The first-order valence-corrected chi connectivity index (χ1v) is 13.9. The highest BCUT2D eigenvalue weighted by atomic mass is 35.5. The SMILES string of the molecule is Cc1ccc(NS(=O)(=O)c2ccc(N3CCS3(=O)=O)cc2Cl)cc1-c1nccc2ccccc12.